The van der Waals surface area contributed by atoms with Crippen LogP contribution in [0, 0.1) is 11.8 Å². The summed E-state index contributed by atoms with van der Waals surface area (Å²) in [6.07, 6.45) is 2.49. The number of carbonyl (C=O) groups excluding carboxylic acids is 4. The summed E-state index contributed by atoms with van der Waals surface area (Å²) in [5, 5.41) is 9.99. The van der Waals surface area contributed by atoms with Crippen LogP contribution < -0.4 is 16.0 Å². The summed E-state index contributed by atoms with van der Waals surface area (Å²) in [5.74, 6) is -1.27. The number of benzene rings is 2. The molecule has 2 aromatic carbocycles. The van der Waals surface area contributed by atoms with Crippen molar-refractivity contribution in [2.45, 2.75) is 84.3 Å². The molecule has 1 aromatic heterocycles. The number of nitrogens with zero attached hydrogens (tertiary/aromatic N) is 2. The molecule has 1 saturated heterocycles. The third-order valence-electron chi connectivity index (χ3n) is 8.18. The number of hydrogen-bond donors (Lipinski definition) is 3. The molecule has 0 spiro atoms. The summed E-state index contributed by atoms with van der Waals surface area (Å²) in [6, 6.07) is 20.3. The fourth-order valence-corrected chi connectivity index (χ4v) is 5.89. The Morgan fingerprint density at radius 1 is 0.956 bits per heavy atom. The first kappa shape index (κ1) is 33.6. The number of likely N-dealkylation sites (tertiary alicyclic amines) is 1. The van der Waals surface area contributed by atoms with Crippen molar-refractivity contribution in [3.63, 3.8) is 0 Å². The minimum Gasteiger partial charge on any atom is -0.352 e. The Kier molecular flexibility index (Phi) is 11.3. The molecule has 1 fully saturated rings. The van der Waals surface area contributed by atoms with Crippen LogP contribution in [0.5, 0.6) is 0 Å². The second-order valence-corrected chi connectivity index (χ2v) is 13.4. The van der Waals surface area contributed by atoms with E-state index in [1.807, 2.05) is 100 Å². The van der Waals surface area contributed by atoms with E-state index >= 15 is 0 Å². The number of fused-ring (bicyclic) bond motifs is 1. The number of para-hydroxylation sites is 1. The molecule has 3 aromatic rings. The molecule has 4 amide bonds. The van der Waals surface area contributed by atoms with Crippen molar-refractivity contribution in [3.05, 3.63) is 78.0 Å². The van der Waals surface area contributed by atoms with E-state index in [9.17, 15) is 19.2 Å². The summed E-state index contributed by atoms with van der Waals surface area (Å²) < 4.78 is 0. The molecule has 1 aliphatic rings. The summed E-state index contributed by atoms with van der Waals surface area (Å²) >= 11 is 0. The van der Waals surface area contributed by atoms with Gasteiger partial charge in [0.1, 0.15) is 5.69 Å². The standard InChI is InChI=1S/C36H47N5O4/c1-24(2)29(23-37-35(45)31-18-17-26-14-9-10-16-30(26)39-31)34(44)38-27(20-25-12-7-6-8-13-25)21-33(43)41-19-11-15-28(41)22-32(42)40-36(3,4)5/h6-10,12-14,16-18,24,27-29H,11,15,19-23H2,1-5H3,(H,37,45)(H,38,44)(H,40,42)/t27-,28-,29-/m0/s1. The molecular weight excluding hydrogens is 566 g/mol. The number of amides is 4. The molecule has 0 saturated carbocycles. The van der Waals surface area contributed by atoms with E-state index < -0.39 is 12.0 Å². The number of hydrogen-bond acceptors (Lipinski definition) is 5. The minimum atomic E-state index is -0.511. The van der Waals surface area contributed by atoms with E-state index in [4.69, 9.17) is 0 Å². The average Bonchev–Trinajstić information content (AvgIpc) is 3.44. The van der Waals surface area contributed by atoms with Gasteiger partial charge in [-0.15, -0.1) is 0 Å². The maximum Gasteiger partial charge on any atom is 0.269 e. The summed E-state index contributed by atoms with van der Waals surface area (Å²) in [6.45, 7) is 10.4. The van der Waals surface area contributed by atoms with Crippen molar-refractivity contribution in [2.75, 3.05) is 13.1 Å². The second-order valence-electron chi connectivity index (χ2n) is 13.4. The lowest BCUT2D eigenvalue weighted by atomic mass is 9.93. The largest absolute Gasteiger partial charge is 0.352 e. The Morgan fingerprint density at radius 3 is 2.38 bits per heavy atom. The van der Waals surface area contributed by atoms with Gasteiger partial charge in [-0.1, -0.05) is 68.4 Å². The highest BCUT2D eigenvalue weighted by atomic mass is 16.2. The number of pyridine rings is 1. The van der Waals surface area contributed by atoms with Crippen LogP contribution in [-0.4, -0.2) is 64.2 Å². The van der Waals surface area contributed by atoms with Gasteiger partial charge < -0.3 is 20.9 Å². The molecule has 3 atom stereocenters. The van der Waals surface area contributed by atoms with E-state index in [1.54, 1.807) is 6.07 Å². The molecule has 45 heavy (non-hydrogen) atoms. The van der Waals surface area contributed by atoms with Gasteiger partial charge in [0.15, 0.2) is 0 Å². The van der Waals surface area contributed by atoms with E-state index in [2.05, 4.69) is 20.9 Å². The lowest BCUT2D eigenvalue weighted by Crippen LogP contribution is -2.48. The van der Waals surface area contributed by atoms with Crippen LogP contribution in [0.2, 0.25) is 0 Å². The van der Waals surface area contributed by atoms with Crippen LogP contribution in [0.15, 0.2) is 66.7 Å². The van der Waals surface area contributed by atoms with E-state index in [0.29, 0.717) is 18.7 Å². The van der Waals surface area contributed by atoms with Crippen LogP contribution in [0.1, 0.15) is 76.4 Å². The third kappa shape index (κ3) is 9.86. The Balaban J connectivity index is 1.42. The quantitative estimate of drug-likeness (QED) is 0.275. The van der Waals surface area contributed by atoms with Crippen molar-refractivity contribution in [2.24, 2.45) is 11.8 Å². The van der Waals surface area contributed by atoms with Gasteiger partial charge in [0.05, 0.1) is 11.4 Å². The van der Waals surface area contributed by atoms with Crippen molar-refractivity contribution in [1.29, 1.82) is 0 Å². The SMILES string of the molecule is CC(C)[C@H](CNC(=O)c1ccc2ccccc2n1)C(=O)N[C@H](CC(=O)N1CCC[C@H]1CC(=O)NC(C)(C)C)Cc1ccccc1. The van der Waals surface area contributed by atoms with Gasteiger partial charge >= 0.3 is 0 Å². The molecule has 9 heteroatoms. The zero-order chi connectivity index (χ0) is 32.6. The molecule has 2 heterocycles. The van der Waals surface area contributed by atoms with Gasteiger partial charge in [0.2, 0.25) is 17.7 Å². The predicted octanol–water partition coefficient (Wildman–Crippen LogP) is 4.65. The van der Waals surface area contributed by atoms with Crippen LogP contribution in [0.4, 0.5) is 0 Å². The number of nitrogens with one attached hydrogen (secondary N) is 3. The number of carbonyl (C=O) groups is 4. The van der Waals surface area contributed by atoms with Crippen molar-refractivity contribution >= 4 is 34.5 Å². The number of rotatable bonds is 12. The minimum absolute atomic E-state index is 0.0627. The average molecular weight is 614 g/mol. The molecule has 3 N–H and O–H groups in total. The highest BCUT2D eigenvalue weighted by Gasteiger charge is 2.33. The van der Waals surface area contributed by atoms with E-state index in [0.717, 1.165) is 29.3 Å². The molecule has 1 aliphatic heterocycles. The van der Waals surface area contributed by atoms with Crippen molar-refractivity contribution in [1.82, 2.24) is 25.8 Å². The lowest BCUT2D eigenvalue weighted by Gasteiger charge is -2.29. The molecule has 240 valence electrons. The van der Waals surface area contributed by atoms with Crippen molar-refractivity contribution in [3.8, 4) is 0 Å². The molecule has 0 bridgehead atoms. The first-order valence-electron chi connectivity index (χ1n) is 16.0. The van der Waals surface area contributed by atoms with Gasteiger partial charge in [0.25, 0.3) is 5.91 Å². The second kappa shape index (κ2) is 15.1. The Labute approximate surface area is 266 Å². The van der Waals surface area contributed by atoms with Gasteiger partial charge in [-0.3, -0.25) is 19.2 Å². The van der Waals surface area contributed by atoms with E-state index in [1.165, 1.54) is 0 Å². The molecule has 9 nitrogen and oxygen atoms in total. The van der Waals surface area contributed by atoms with Crippen LogP contribution in [0.25, 0.3) is 10.9 Å². The molecule has 0 radical (unpaired) electrons. The van der Waals surface area contributed by atoms with Gasteiger partial charge in [-0.25, -0.2) is 4.98 Å². The third-order valence-corrected chi connectivity index (χ3v) is 8.18. The highest BCUT2D eigenvalue weighted by Crippen LogP contribution is 2.23. The van der Waals surface area contributed by atoms with Gasteiger partial charge in [-0.05, 0) is 63.6 Å². The zero-order valence-electron chi connectivity index (χ0n) is 27.1. The fourth-order valence-electron chi connectivity index (χ4n) is 5.89. The summed E-state index contributed by atoms with van der Waals surface area (Å²) in [4.78, 5) is 59.3. The zero-order valence-corrected chi connectivity index (χ0v) is 27.1. The van der Waals surface area contributed by atoms with E-state index in [-0.39, 0.29) is 60.5 Å². The predicted molar refractivity (Wildman–Crippen MR) is 176 cm³/mol. The highest BCUT2D eigenvalue weighted by molar-refractivity contribution is 5.95. The van der Waals surface area contributed by atoms with Crippen LogP contribution in [0.3, 0.4) is 0 Å². The molecule has 0 aliphatic carbocycles. The Hall–Kier alpha value is -4.27. The monoisotopic (exact) mass is 613 g/mol. The maximum atomic E-state index is 13.7. The fraction of sp³-hybridized carbons (Fsp3) is 0.472. The lowest BCUT2D eigenvalue weighted by molar-refractivity contribution is -0.134. The number of aromatic nitrogens is 1. The molecule has 4 rings (SSSR count). The first-order chi connectivity index (χ1) is 21.4. The van der Waals surface area contributed by atoms with Crippen LogP contribution in [-0.2, 0) is 20.8 Å². The molecule has 0 unspecified atom stereocenters. The van der Waals surface area contributed by atoms with Gasteiger partial charge in [0, 0.05) is 48.9 Å². The summed E-state index contributed by atoms with van der Waals surface area (Å²) in [7, 11) is 0. The Morgan fingerprint density at radius 2 is 1.67 bits per heavy atom. The van der Waals surface area contributed by atoms with Crippen molar-refractivity contribution < 1.29 is 19.2 Å². The first-order valence-corrected chi connectivity index (χ1v) is 16.0. The smallest absolute Gasteiger partial charge is 0.269 e. The normalized spacial score (nSPS) is 16.3. The van der Waals surface area contributed by atoms with Gasteiger partial charge in [-0.2, -0.15) is 0 Å². The topological polar surface area (TPSA) is 120 Å². The summed E-state index contributed by atoms with van der Waals surface area (Å²) in [5.41, 5.74) is 1.69. The molecular formula is C36H47N5O4. The van der Waals surface area contributed by atoms with Crippen LogP contribution >= 0.6 is 0 Å². The Bertz CT molecular complexity index is 1480. The maximum absolute atomic E-state index is 13.7.